The Morgan fingerprint density at radius 1 is 1.38 bits per heavy atom. The van der Waals surface area contributed by atoms with Gasteiger partial charge in [-0.3, -0.25) is 4.79 Å². The summed E-state index contributed by atoms with van der Waals surface area (Å²) in [6.07, 6.45) is 3.38. The molecule has 2 aromatic heterocycles. The van der Waals surface area contributed by atoms with E-state index in [-0.39, 0.29) is 18.5 Å². The van der Waals surface area contributed by atoms with Crippen LogP contribution in [-0.2, 0) is 16.0 Å². The van der Waals surface area contributed by atoms with Gasteiger partial charge in [-0.05, 0) is 26.0 Å². The summed E-state index contributed by atoms with van der Waals surface area (Å²) in [7, 11) is 0. The van der Waals surface area contributed by atoms with Gasteiger partial charge in [0.2, 0.25) is 0 Å². The molecular formula is C17H20ClN3O3. The van der Waals surface area contributed by atoms with Crippen LogP contribution in [0.1, 0.15) is 29.9 Å². The summed E-state index contributed by atoms with van der Waals surface area (Å²) >= 11 is 5.86. The van der Waals surface area contributed by atoms with Gasteiger partial charge in [-0.25, -0.2) is 4.98 Å². The van der Waals surface area contributed by atoms with Crippen LogP contribution in [-0.4, -0.2) is 35.3 Å². The standard InChI is InChI=1S/C17H20ClN3O3/c1-11-15(12(2)24-20-11)9-17(22)23-14-5-7-21(8-6-14)16-4-3-13(18)10-19-16/h3-4,10,14H,5-9H2,1-2H3. The SMILES string of the molecule is Cc1noc(C)c1CC(=O)OC1CCN(c2ccc(Cl)cn2)CC1. The molecule has 1 saturated heterocycles. The van der Waals surface area contributed by atoms with Gasteiger partial charge < -0.3 is 14.2 Å². The lowest BCUT2D eigenvalue weighted by Crippen LogP contribution is -2.38. The lowest BCUT2D eigenvalue weighted by molar-refractivity contribution is -0.149. The van der Waals surface area contributed by atoms with Crippen LogP contribution in [0.15, 0.2) is 22.9 Å². The molecule has 0 spiro atoms. The van der Waals surface area contributed by atoms with Gasteiger partial charge in [0.25, 0.3) is 0 Å². The van der Waals surface area contributed by atoms with Gasteiger partial charge in [-0.2, -0.15) is 0 Å². The average molecular weight is 350 g/mol. The number of aryl methyl sites for hydroxylation is 2. The van der Waals surface area contributed by atoms with Crippen molar-refractivity contribution in [3.63, 3.8) is 0 Å². The highest BCUT2D eigenvalue weighted by Crippen LogP contribution is 2.21. The molecule has 7 heteroatoms. The molecule has 3 rings (SSSR count). The van der Waals surface area contributed by atoms with Crippen LogP contribution < -0.4 is 4.90 Å². The van der Waals surface area contributed by atoms with Crippen LogP contribution in [0.5, 0.6) is 0 Å². The number of hydrogen-bond acceptors (Lipinski definition) is 6. The number of esters is 1. The second kappa shape index (κ2) is 7.21. The summed E-state index contributed by atoms with van der Waals surface area (Å²) in [6.45, 7) is 5.24. The fraction of sp³-hybridized carbons (Fsp3) is 0.471. The molecule has 0 amide bonds. The molecule has 0 N–H and O–H groups in total. The van der Waals surface area contributed by atoms with Gasteiger partial charge in [0, 0.05) is 37.7 Å². The molecule has 0 saturated carbocycles. The zero-order chi connectivity index (χ0) is 17.1. The van der Waals surface area contributed by atoms with Gasteiger partial charge >= 0.3 is 5.97 Å². The summed E-state index contributed by atoms with van der Waals surface area (Å²) in [5.74, 6) is 1.35. The van der Waals surface area contributed by atoms with E-state index in [1.165, 1.54) is 0 Å². The van der Waals surface area contributed by atoms with Gasteiger partial charge in [-0.15, -0.1) is 0 Å². The van der Waals surface area contributed by atoms with Crippen molar-refractivity contribution in [1.82, 2.24) is 10.1 Å². The maximum Gasteiger partial charge on any atom is 0.310 e. The van der Waals surface area contributed by atoms with Gasteiger partial charge in [0.15, 0.2) is 0 Å². The number of hydrogen-bond donors (Lipinski definition) is 0. The van der Waals surface area contributed by atoms with E-state index < -0.39 is 0 Å². The van der Waals surface area contributed by atoms with E-state index in [0.29, 0.717) is 10.8 Å². The van der Waals surface area contributed by atoms with E-state index in [4.69, 9.17) is 20.9 Å². The number of carbonyl (C=O) groups is 1. The van der Waals surface area contributed by atoms with Crippen LogP contribution in [0.2, 0.25) is 5.02 Å². The highest BCUT2D eigenvalue weighted by molar-refractivity contribution is 6.30. The van der Waals surface area contributed by atoms with E-state index in [2.05, 4.69) is 15.0 Å². The monoisotopic (exact) mass is 349 g/mol. The second-order valence-electron chi connectivity index (χ2n) is 5.99. The number of halogens is 1. The smallest absolute Gasteiger partial charge is 0.310 e. The van der Waals surface area contributed by atoms with Crippen LogP contribution in [0.25, 0.3) is 0 Å². The molecule has 6 nitrogen and oxygen atoms in total. The lowest BCUT2D eigenvalue weighted by Gasteiger charge is -2.32. The molecule has 1 aliphatic rings. The van der Waals surface area contributed by atoms with Gasteiger partial charge in [-0.1, -0.05) is 16.8 Å². The molecule has 0 aliphatic carbocycles. The number of aromatic nitrogens is 2. The first-order chi connectivity index (χ1) is 11.5. The van der Waals surface area contributed by atoms with Crippen molar-refractivity contribution < 1.29 is 14.1 Å². The van der Waals surface area contributed by atoms with Crippen molar-refractivity contribution in [3.05, 3.63) is 40.4 Å². The molecule has 0 atom stereocenters. The number of ether oxygens (including phenoxy) is 1. The van der Waals surface area contributed by atoms with E-state index in [1.807, 2.05) is 19.1 Å². The second-order valence-corrected chi connectivity index (χ2v) is 6.43. The lowest BCUT2D eigenvalue weighted by atomic mass is 10.1. The van der Waals surface area contributed by atoms with Crippen LogP contribution in [0, 0.1) is 13.8 Å². The third-order valence-electron chi connectivity index (χ3n) is 4.28. The quantitative estimate of drug-likeness (QED) is 0.790. The molecule has 0 unspecified atom stereocenters. The van der Waals surface area contributed by atoms with E-state index in [9.17, 15) is 4.79 Å². The topological polar surface area (TPSA) is 68.5 Å². The molecule has 0 radical (unpaired) electrons. The predicted octanol–water partition coefficient (Wildman–Crippen LogP) is 3.09. The molecule has 3 heterocycles. The molecule has 128 valence electrons. The Balaban J connectivity index is 1.50. The van der Waals surface area contributed by atoms with Crippen LogP contribution >= 0.6 is 11.6 Å². The van der Waals surface area contributed by atoms with Crippen molar-refractivity contribution in [3.8, 4) is 0 Å². The van der Waals surface area contributed by atoms with E-state index >= 15 is 0 Å². The first-order valence-corrected chi connectivity index (χ1v) is 8.38. The van der Waals surface area contributed by atoms with Gasteiger partial charge in [0.1, 0.15) is 17.7 Å². The molecule has 1 fully saturated rings. The average Bonchev–Trinajstić information content (AvgIpc) is 2.88. The van der Waals surface area contributed by atoms with Crippen molar-refractivity contribution in [2.45, 2.75) is 39.2 Å². The number of rotatable bonds is 4. The van der Waals surface area contributed by atoms with Crippen LogP contribution in [0.3, 0.4) is 0 Å². The molecular weight excluding hydrogens is 330 g/mol. The Hall–Kier alpha value is -2.08. The van der Waals surface area contributed by atoms with E-state index in [0.717, 1.165) is 43.0 Å². The molecule has 24 heavy (non-hydrogen) atoms. The Morgan fingerprint density at radius 3 is 2.71 bits per heavy atom. The van der Waals surface area contributed by atoms with Crippen molar-refractivity contribution in [2.75, 3.05) is 18.0 Å². The Kier molecular flexibility index (Phi) is 5.04. The zero-order valence-electron chi connectivity index (χ0n) is 13.8. The number of pyridine rings is 1. The van der Waals surface area contributed by atoms with Crippen molar-refractivity contribution in [2.24, 2.45) is 0 Å². The summed E-state index contributed by atoms with van der Waals surface area (Å²) in [5, 5.41) is 4.49. The molecule has 1 aliphatic heterocycles. The summed E-state index contributed by atoms with van der Waals surface area (Å²) in [6, 6.07) is 3.74. The highest BCUT2D eigenvalue weighted by Gasteiger charge is 2.24. The summed E-state index contributed by atoms with van der Waals surface area (Å²) < 4.78 is 10.7. The normalized spacial score (nSPS) is 15.5. The summed E-state index contributed by atoms with van der Waals surface area (Å²) in [5.41, 5.74) is 1.57. The Bertz CT molecular complexity index is 687. The summed E-state index contributed by atoms with van der Waals surface area (Å²) in [4.78, 5) is 18.6. The largest absolute Gasteiger partial charge is 0.462 e. The number of piperidine rings is 1. The minimum atomic E-state index is -0.229. The first kappa shape index (κ1) is 16.8. The first-order valence-electron chi connectivity index (χ1n) is 8.00. The van der Waals surface area contributed by atoms with Crippen LogP contribution in [0.4, 0.5) is 5.82 Å². The van der Waals surface area contributed by atoms with E-state index in [1.54, 1.807) is 13.1 Å². The van der Waals surface area contributed by atoms with Crippen molar-refractivity contribution >= 4 is 23.4 Å². The fourth-order valence-corrected chi connectivity index (χ4v) is 3.00. The minimum absolute atomic E-state index is 0.0541. The number of anilines is 1. The molecule has 2 aromatic rings. The zero-order valence-corrected chi connectivity index (χ0v) is 14.5. The number of carbonyl (C=O) groups excluding carboxylic acids is 1. The number of nitrogens with zero attached hydrogens (tertiary/aromatic N) is 3. The predicted molar refractivity (Wildman–Crippen MR) is 90.3 cm³/mol. The highest BCUT2D eigenvalue weighted by atomic mass is 35.5. The fourth-order valence-electron chi connectivity index (χ4n) is 2.88. The minimum Gasteiger partial charge on any atom is -0.462 e. The Morgan fingerprint density at radius 2 is 2.12 bits per heavy atom. The third-order valence-corrected chi connectivity index (χ3v) is 4.50. The Labute approximate surface area is 145 Å². The molecule has 0 aromatic carbocycles. The maximum atomic E-state index is 12.1. The van der Waals surface area contributed by atoms with Gasteiger partial charge in [0.05, 0.1) is 17.1 Å². The van der Waals surface area contributed by atoms with Crippen molar-refractivity contribution in [1.29, 1.82) is 0 Å². The third kappa shape index (κ3) is 3.87. The molecule has 0 bridgehead atoms. The maximum absolute atomic E-state index is 12.1.